The molecule has 0 heterocycles. The Bertz CT molecular complexity index is 340. The van der Waals surface area contributed by atoms with E-state index in [1.165, 1.54) is 12.1 Å². The van der Waals surface area contributed by atoms with Crippen LogP contribution in [0.4, 0.5) is 0 Å². The standard InChI is InChI=1S/C7H8O3S.2H2O/c1-6-2-4-7(5-3-6)11(8,9)10;;/h2-5H,1H3,(H,8,9,10);2*1H2. The van der Waals surface area contributed by atoms with Gasteiger partial charge in [-0.1, -0.05) is 17.7 Å². The van der Waals surface area contributed by atoms with Crippen molar-refractivity contribution in [1.29, 1.82) is 0 Å². The highest BCUT2D eigenvalue weighted by Crippen LogP contribution is 2.08. The number of hydrogen-bond donors (Lipinski definition) is 1. The van der Waals surface area contributed by atoms with E-state index in [-0.39, 0.29) is 15.8 Å². The minimum absolute atomic E-state index is 0. The fraction of sp³-hybridized carbons (Fsp3) is 0.143. The van der Waals surface area contributed by atoms with E-state index in [0.29, 0.717) is 0 Å². The Hall–Kier alpha value is -0.950. The maximum absolute atomic E-state index is 10.5. The fourth-order valence-corrected chi connectivity index (χ4v) is 1.19. The third kappa shape index (κ3) is 4.00. The predicted octanol–water partition coefficient (Wildman–Crippen LogP) is -0.408. The first kappa shape index (κ1) is 14.6. The van der Waals surface area contributed by atoms with Crippen molar-refractivity contribution in [2.75, 3.05) is 0 Å². The van der Waals surface area contributed by atoms with Gasteiger partial charge in [-0.05, 0) is 19.1 Å². The van der Waals surface area contributed by atoms with Crippen molar-refractivity contribution in [1.82, 2.24) is 0 Å². The van der Waals surface area contributed by atoms with Crippen molar-refractivity contribution in [2.24, 2.45) is 0 Å². The third-order valence-corrected chi connectivity index (χ3v) is 2.19. The van der Waals surface area contributed by atoms with Crippen LogP contribution in [0.3, 0.4) is 0 Å². The molecule has 1 aromatic carbocycles. The second kappa shape index (κ2) is 4.93. The van der Waals surface area contributed by atoms with Crippen molar-refractivity contribution in [3.05, 3.63) is 29.8 Å². The van der Waals surface area contributed by atoms with E-state index in [1.54, 1.807) is 12.1 Å². The van der Waals surface area contributed by atoms with Gasteiger partial charge >= 0.3 is 0 Å². The number of aryl methyl sites for hydroxylation is 1. The molecule has 76 valence electrons. The summed E-state index contributed by atoms with van der Waals surface area (Å²) in [6.07, 6.45) is 0. The van der Waals surface area contributed by atoms with E-state index >= 15 is 0 Å². The average molecular weight is 208 g/mol. The summed E-state index contributed by atoms with van der Waals surface area (Å²) < 4.78 is 29.6. The number of hydrogen-bond acceptors (Lipinski definition) is 2. The molecular formula is C7H12O5S. The van der Waals surface area contributed by atoms with Gasteiger partial charge in [-0.25, -0.2) is 0 Å². The maximum Gasteiger partial charge on any atom is 0.294 e. The summed E-state index contributed by atoms with van der Waals surface area (Å²) >= 11 is 0. The van der Waals surface area contributed by atoms with Crippen LogP contribution in [0.1, 0.15) is 5.56 Å². The molecule has 0 radical (unpaired) electrons. The van der Waals surface area contributed by atoms with Crippen LogP contribution in [0.5, 0.6) is 0 Å². The Labute approximate surface area is 76.4 Å². The highest BCUT2D eigenvalue weighted by molar-refractivity contribution is 7.85. The number of rotatable bonds is 1. The van der Waals surface area contributed by atoms with E-state index in [0.717, 1.165) is 5.56 Å². The zero-order chi connectivity index (χ0) is 8.48. The molecule has 6 heteroatoms. The summed E-state index contributed by atoms with van der Waals surface area (Å²) in [6, 6.07) is 5.99. The molecule has 5 nitrogen and oxygen atoms in total. The molecule has 0 amide bonds. The molecule has 0 saturated carbocycles. The van der Waals surface area contributed by atoms with Crippen molar-refractivity contribution >= 4 is 10.1 Å². The van der Waals surface area contributed by atoms with Gasteiger partial charge in [-0.3, -0.25) is 4.55 Å². The zero-order valence-electron chi connectivity index (χ0n) is 6.98. The van der Waals surface area contributed by atoms with Gasteiger partial charge in [0.25, 0.3) is 10.1 Å². The number of benzene rings is 1. The van der Waals surface area contributed by atoms with Crippen molar-refractivity contribution < 1.29 is 23.9 Å². The van der Waals surface area contributed by atoms with Crippen LogP contribution in [0, 0.1) is 6.92 Å². The van der Waals surface area contributed by atoms with Crippen LogP contribution in [0.2, 0.25) is 0 Å². The second-order valence-corrected chi connectivity index (χ2v) is 3.71. The SMILES string of the molecule is Cc1ccc(S(=O)(=O)O)cc1.O.O. The van der Waals surface area contributed by atoms with Crippen molar-refractivity contribution in [3.8, 4) is 0 Å². The monoisotopic (exact) mass is 208 g/mol. The lowest BCUT2D eigenvalue weighted by molar-refractivity contribution is 0.483. The Morgan fingerprint density at radius 3 is 1.77 bits per heavy atom. The van der Waals surface area contributed by atoms with Crippen LogP contribution in [-0.4, -0.2) is 23.9 Å². The zero-order valence-corrected chi connectivity index (χ0v) is 7.80. The van der Waals surface area contributed by atoms with Crippen LogP contribution in [0.15, 0.2) is 29.2 Å². The average Bonchev–Trinajstić information content (AvgIpc) is 1.86. The topological polar surface area (TPSA) is 117 Å². The first-order valence-electron chi connectivity index (χ1n) is 3.04. The van der Waals surface area contributed by atoms with Crippen LogP contribution in [0.25, 0.3) is 0 Å². The minimum Gasteiger partial charge on any atom is -0.412 e. The summed E-state index contributed by atoms with van der Waals surface area (Å²) in [7, 11) is -4.02. The third-order valence-electron chi connectivity index (χ3n) is 1.32. The fourth-order valence-electron chi connectivity index (χ4n) is 0.710. The summed E-state index contributed by atoms with van der Waals surface area (Å²) in [6.45, 7) is 1.84. The molecule has 0 fully saturated rings. The molecule has 0 spiro atoms. The molecule has 0 aromatic heterocycles. The van der Waals surface area contributed by atoms with E-state index in [4.69, 9.17) is 4.55 Å². The predicted molar refractivity (Wildman–Crippen MR) is 48.2 cm³/mol. The van der Waals surface area contributed by atoms with Crippen molar-refractivity contribution in [3.63, 3.8) is 0 Å². The van der Waals surface area contributed by atoms with E-state index in [2.05, 4.69) is 0 Å². The molecule has 0 saturated heterocycles. The van der Waals surface area contributed by atoms with Gasteiger partial charge in [0, 0.05) is 0 Å². The van der Waals surface area contributed by atoms with Gasteiger partial charge in [0.05, 0.1) is 4.90 Å². The van der Waals surface area contributed by atoms with Crippen molar-refractivity contribution in [2.45, 2.75) is 11.8 Å². The minimum atomic E-state index is -4.02. The molecule has 0 atom stereocenters. The van der Waals surface area contributed by atoms with Gasteiger partial charge < -0.3 is 11.0 Å². The Morgan fingerprint density at radius 2 is 1.46 bits per heavy atom. The lowest BCUT2D eigenvalue weighted by atomic mass is 10.2. The summed E-state index contributed by atoms with van der Waals surface area (Å²) in [4.78, 5) is -0.0666. The Morgan fingerprint density at radius 1 is 1.08 bits per heavy atom. The van der Waals surface area contributed by atoms with Gasteiger partial charge in [0.2, 0.25) is 0 Å². The molecular weight excluding hydrogens is 196 g/mol. The molecule has 1 rings (SSSR count). The molecule has 0 unspecified atom stereocenters. The van der Waals surface area contributed by atoms with Crippen LogP contribution >= 0.6 is 0 Å². The van der Waals surface area contributed by atoms with Gasteiger partial charge in [0.15, 0.2) is 0 Å². The molecule has 5 N–H and O–H groups in total. The second-order valence-electron chi connectivity index (χ2n) is 2.29. The highest BCUT2D eigenvalue weighted by atomic mass is 32.2. The molecule has 0 aliphatic heterocycles. The van der Waals surface area contributed by atoms with E-state index in [9.17, 15) is 8.42 Å². The first-order chi connectivity index (χ1) is 5.00. The quantitative estimate of drug-likeness (QED) is 0.632. The lowest BCUT2D eigenvalue weighted by Gasteiger charge is -1.95. The highest BCUT2D eigenvalue weighted by Gasteiger charge is 2.06. The molecule has 0 aliphatic rings. The van der Waals surface area contributed by atoms with Gasteiger partial charge in [-0.2, -0.15) is 8.42 Å². The molecule has 0 bridgehead atoms. The normalized spacial score (nSPS) is 9.69. The first-order valence-corrected chi connectivity index (χ1v) is 4.48. The molecule has 13 heavy (non-hydrogen) atoms. The summed E-state index contributed by atoms with van der Waals surface area (Å²) in [5, 5.41) is 0. The molecule has 1 aromatic rings. The summed E-state index contributed by atoms with van der Waals surface area (Å²) in [5.74, 6) is 0. The smallest absolute Gasteiger partial charge is 0.294 e. The summed E-state index contributed by atoms with van der Waals surface area (Å²) in [5.41, 5.74) is 0.956. The molecule has 0 aliphatic carbocycles. The Balaban J connectivity index is 0. The van der Waals surface area contributed by atoms with E-state index in [1.807, 2.05) is 6.92 Å². The van der Waals surface area contributed by atoms with Crippen LogP contribution in [-0.2, 0) is 10.1 Å². The van der Waals surface area contributed by atoms with E-state index < -0.39 is 10.1 Å². The maximum atomic E-state index is 10.5. The van der Waals surface area contributed by atoms with Gasteiger partial charge in [-0.15, -0.1) is 0 Å². The van der Waals surface area contributed by atoms with Gasteiger partial charge in [0.1, 0.15) is 0 Å². The largest absolute Gasteiger partial charge is 0.412 e. The van der Waals surface area contributed by atoms with Crippen LogP contribution < -0.4 is 0 Å². The Kier molecular flexibility index (Phi) is 5.52. The lowest BCUT2D eigenvalue weighted by Crippen LogP contribution is -1.96.